The van der Waals surface area contributed by atoms with Gasteiger partial charge in [-0.1, -0.05) is 0 Å². The van der Waals surface area contributed by atoms with Crippen LogP contribution in [0.1, 0.15) is 6.42 Å². The minimum atomic E-state index is -5.10. The lowest BCUT2D eigenvalue weighted by atomic mass is 10.2. The number of hydrogen-bond acceptors (Lipinski definition) is 2. The molecule has 0 aliphatic carbocycles. The Hall–Kier alpha value is -1.08. The van der Waals surface area contributed by atoms with Crippen molar-refractivity contribution in [1.82, 2.24) is 0 Å². The summed E-state index contributed by atoms with van der Waals surface area (Å²) in [7, 11) is 0. The fourth-order valence-corrected chi connectivity index (χ4v) is 0.377. The van der Waals surface area contributed by atoms with Crippen LogP contribution in [0.15, 0.2) is 0 Å². The van der Waals surface area contributed by atoms with Crippen molar-refractivity contribution in [3.8, 4) is 0 Å². The van der Waals surface area contributed by atoms with Gasteiger partial charge in [-0.25, -0.2) is 0 Å². The van der Waals surface area contributed by atoms with E-state index in [-0.39, 0.29) is 0 Å². The van der Waals surface area contributed by atoms with E-state index in [1.807, 2.05) is 0 Å². The predicted octanol–water partition coefficient (Wildman–Crippen LogP) is 2.54. The molecule has 0 aromatic rings. The molecule has 2 N–H and O–H groups in total. The first-order valence-corrected chi connectivity index (χ1v) is 2.84. The van der Waals surface area contributed by atoms with Crippen molar-refractivity contribution in [2.45, 2.75) is 18.8 Å². The molecule has 0 aliphatic rings. The lowest BCUT2D eigenvalue weighted by Crippen LogP contribution is -2.30. The molecule has 0 atom stereocenters. The van der Waals surface area contributed by atoms with Crippen LogP contribution >= 0.6 is 0 Å². The molecule has 8 heteroatoms. The maximum Gasteiger partial charge on any atom is 0.429 e. The van der Waals surface area contributed by atoms with Crippen molar-refractivity contribution >= 4 is 11.4 Å². The van der Waals surface area contributed by atoms with Gasteiger partial charge in [-0.3, -0.25) is 0 Å². The largest absolute Gasteiger partial charge is 0.429 e. The molecule has 0 spiro atoms. The summed E-state index contributed by atoms with van der Waals surface area (Å²) >= 11 is 0. The van der Waals surface area contributed by atoms with E-state index in [9.17, 15) is 26.3 Å². The summed E-state index contributed by atoms with van der Waals surface area (Å²) in [6, 6.07) is 0. The second-order valence-corrected chi connectivity index (χ2v) is 2.13. The standard InChI is InChI=1S/C5H4F6N2/c6-4(7,8)2(12)1-3(13)5(9,10)11/h12-13H,1H2. The van der Waals surface area contributed by atoms with Gasteiger partial charge in [-0.2, -0.15) is 26.3 Å². The third kappa shape index (κ3) is 3.90. The third-order valence-electron chi connectivity index (χ3n) is 1.04. The van der Waals surface area contributed by atoms with Crippen molar-refractivity contribution in [2.75, 3.05) is 0 Å². The second-order valence-electron chi connectivity index (χ2n) is 2.13. The highest BCUT2D eigenvalue weighted by Gasteiger charge is 2.41. The zero-order chi connectivity index (χ0) is 10.9. The van der Waals surface area contributed by atoms with Gasteiger partial charge >= 0.3 is 12.4 Å². The van der Waals surface area contributed by atoms with Crippen molar-refractivity contribution in [1.29, 1.82) is 10.8 Å². The van der Waals surface area contributed by atoms with E-state index < -0.39 is 30.2 Å². The molecule has 0 heterocycles. The molecular formula is C5H4F6N2. The molecule has 0 unspecified atom stereocenters. The molecule has 0 fully saturated rings. The number of alkyl halides is 6. The van der Waals surface area contributed by atoms with E-state index in [1.165, 1.54) is 0 Å². The van der Waals surface area contributed by atoms with Crippen LogP contribution in [0.25, 0.3) is 0 Å². The molecule has 0 rings (SSSR count). The molecule has 2 nitrogen and oxygen atoms in total. The van der Waals surface area contributed by atoms with Gasteiger partial charge in [-0.05, 0) is 0 Å². The van der Waals surface area contributed by atoms with Crippen LogP contribution in [0.2, 0.25) is 0 Å². The maximum absolute atomic E-state index is 11.5. The van der Waals surface area contributed by atoms with E-state index in [2.05, 4.69) is 0 Å². The Morgan fingerprint density at radius 3 is 1.15 bits per heavy atom. The maximum atomic E-state index is 11.5. The molecule has 13 heavy (non-hydrogen) atoms. The number of nitrogens with one attached hydrogen (secondary N) is 2. The van der Waals surface area contributed by atoms with Crippen LogP contribution in [-0.4, -0.2) is 23.8 Å². The Morgan fingerprint density at radius 1 is 0.769 bits per heavy atom. The average molecular weight is 206 g/mol. The van der Waals surface area contributed by atoms with Gasteiger partial charge in [0.15, 0.2) is 0 Å². The van der Waals surface area contributed by atoms with E-state index in [4.69, 9.17) is 10.8 Å². The Morgan fingerprint density at radius 2 is 1.00 bits per heavy atom. The summed E-state index contributed by atoms with van der Waals surface area (Å²) in [6.45, 7) is 0. The molecule has 0 saturated heterocycles. The van der Waals surface area contributed by atoms with Gasteiger partial charge in [0.05, 0.1) is 0 Å². The summed E-state index contributed by atoms with van der Waals surface area (Å²) < 4.78 is 69.1. The molecule has 76 valence electrons. The lowest BCUT2D eigenvalue weighted by Gasteiger charge is -2.10. The van der Waals surface area contributed by atoms with Crippen molar-refractivity contribution < 1.29 is 26.3 Å². The van der Waals surface area contributed by atoms with Crippen molar-refractivity contribution in [3.05, 3.63) is 0 Å². The second kappa shape index (κ2) is 3.35. The minimum absolute atomic E-state index is 1.74. The van der Waals surface area contributed by atoms with E-state index in [1.54, 1.807) is 0 Å². The summed E-state index contributed by atoms with van der Waals surface area (Å²) in [5.74, 6) is 0. The summed E-state index contributed by atoms with van der Waals surface area (Å²) in [4.78, 5) is 0. The normalized spacial score (nSPS) is 12.8. The number of rotatable bonds is 2. The lowest BCUT2D eigenvalue weighted by molar-refractivity contribution is -0.0658. The molecule has 0 aliphatic heterocycles. The monoisotopic (exact) mass is 206 g/mol. The summed E-state index contributed by atoms with van der Waals surface area (Å²) in [5, 5.41) is 12.4. The summed E-state index contributed by atoms with van der Waals surface area (Å²) in [6.07, 6.45) is -11.9. The quantitative estimate of drug-likeness (QED) is 0.515. The first-order chi connectivity index (χ1) is 5.55. The predicted molar refractivity (Wildman–Crippen MR) is 32.2 cm³/mol. The van der Waals surface area contributed by atoms with Gasteiger partial charge < -0.3 is 10.8 Å². The molecule has 0 amide bonds. The highest BCUT2D eigenvalue weighted by Crippen LogP contribution is 2.23. The summed E-state index contributed by atoms with van der Waals surface area (Å²) in [5.41, 5.74) is -4.15. The number of hydrogen-bond donors (Lipinski definition) is 2. The molecule has 0 bridgehead atoms. The SMILES string of the molecule is N=C(CC(=N)C(F)(F)F)C(F)(F)F. The number of halogens is 6. The Labute approximate surface area is 68.6 Å². The van der Waals surface area contributed by atoms with Gasteiger partial charge in [-0.15, -0.1) is 0 Å². The minimum Gasteiger partial charge on any atom is -0.300 e. The fourth-order valence-electron chi connectivity index (χ4n) is 0.377. The Balaban J connectivity index is 4.34. The zero-order valence-electron chi connectivity index (χ0n) is 5.97. The first kappa shape index (κ1) is 11.9. The molecule has 0 aromatic carbocycles. The van der Waals surface area contributed by atoms with Crippen LogP contribution in [0, 0.1) is 10.8 Å². The highest BCUT2D eigenvalue weighted by atomic mass is 19.4. The molecule has 0 radical (unpaired) electrons. The molecule has 0 saturated carbocycles. The third-order valence-corrected chi connectivity index (χ3v) is 1.04. The van der Waals surface area contributed by atoms with Crippen LogP contribution in [0.5, 0.6) is 0 Å². The van der Waals surface area contributed by atoms with Crippen LogP contribution in [-0.2, 0) is 0 Å². The zero-order valence-corrected chi connectivity index (χ0v) is 5.97. The van der Waals surface area contributed by atoms with Gasteiger partial charge in [0.1, 0.15) is 11.4 Å². The average Bonchev–Trinajstić information content (AvgIpc) is 1.82. The van der Waals surface area contributed by atoms with Crippen LogP contribution in [0.4, 0.5) is 26.3 Å². The van der Waals surface area contributed by atoms with Gasteiger partial charge in [0.2, 0.25) is 0 Å². The highest BCUT2D eigenvalue weighted by molar-refractivity contribution is 6.06. The molecular weight excluding hydrogens is 202 g/mol. The van der Waals surface area contributed by atoms with Gasteiger partial charge in [0.25, 0.3) is 0 Å². The first-order valence-electron chi connectivity index (χ1n) is 2.84. The van der Waals surface area contributed by atoms with Crippen LogP contribution in [0.3, 0.4) is 0 Å². The van der Waals surface area contributed by atoms with Gasteiger partial charge in [0, 0.05) is 6.42 Å². The fraction of sp³-hybridized carbons (Fsp3) is 0.600. The smallest absolute Gasteiger partial charge is 0.300 e. The Kier molecular flexibility index (Phi) is 3.07. The molecule has 0 aromatic heterocycles. The van der Waals surface area contributed by atoms with Crippen molar-refractivity contribution in [3.63, 3.8) is 0 Å². The van der Waals surface area contributed by atoms with Crippen LogP contribution < -0.4 is 0 Å². The van der Waals surface area contributed by atoms with E-state index >= 15 is 0 Å². The van der Waals surface area contributed by atoms with Crippen molar-refractivity contribution in [2.24, 2.45) is 0 Å². The van der Waals surface area contributed by atoms with E-state index in [0.29, 0.717) is 0 Å². The topological polar surface area (TPSA) is 47.7 Å². The van der Waals surface area contributed by atoms with E-state index in [0.717, 1.165) is 0 Å². The Bertz CT molecular complexity index is 200.